The first-order valence-corrected chi connectivity index (χ1v) is 6.21. The minimum Gasteiger partial charge on any atom is -0.384 e. The largest absolute Gasteiger partial charge is 0.384 e. The van der Waals surface area contributed by atoms with Gasteiger partial charge < -0.3 is 11.1 Å². The summed E-state index contributed by atoms with van der Waals surface area (Å²) in [6, 6.07) is 8.34. The summed E-state index contributed by atoms with van der Waals surface area (Å²) < 4.78 is 0.868. The van der Waals surface area contributed by atoms with Gasteiger partial charge in [0.05, 0.1) is 4.92 Å². The van der Waals surface area contributed by atoms with Gasteiger partial charge in [-0.05, 0) is 30.7 Å². The predicted molar refractivity (Wildman–Crippen MR) is 77.5 cm³/mol. The van der Waals surface area contributed by atoms with Gasteiger partial charge in [-0.3, -0.25) is 10.1 Å². The summed E-state index contributed by atoms with van der Waals surface area (Å²) in [5.74, 6) is 0.354. The molecule has 6 nitrogen and oxygen atoms in total. The van der Waals surface area contributed by atoms with Crippen LogP contribution in [0.25, 0.3) is 0 Å². The highest BCUT2D eigenvalue weighted by Crippen LogP contribution is 2.29. The Morgan fingerprint density at radius 1 is 1.37 bits per heavy atom. The first-order chi connectivity index (χ1) is 8.97. The number of nitrogen functional groups attached to an aromatic ring is 1. The third kappa shape index (κ3) is 3.00. The van der Waals surface area contributed by atoms with Crippen molar-refractivity contribution in [2.75, 3.05) is 11.1 Å². The smallest absolute Gasteiger partial charge is 0.311 e. The van der Waals surface area contributed by atoms with Gasteiger partial charge in [-0.25, -0.2) is 4.98 Å². The number of pyridine rings is 1. The molecule has 0 unspecified atom stereocenters. The van der Waals surface area contributed by atoms with E-state index in [1.807, 2.05) is 25.1 Å². The molecule has 7 heteroatoms. The first kappa shape index (κ1) is 13.3. The van der Waals surface area contributed by atoms with Crippen molar-refractivity contribution in [1.82, 2.24) is 4.98 Å². The number of aromatic nitrogens is 1. The lowest BCUT2D eigenvalue weighted by Gasteiger charge is -2.10. The Hall–Kier alpha value is -2.15. The minimum absolute atomic E-state index is 0.117. The standard InChI is InChI=1S/C12H11BrN4O2/c1-7-2-3-8(13)6-9(7)15-12-10(17(18)19)4-5-11(14)16-12/h2-6H,1H3,(H3,14,15,16). The molecule has 3 N–H and O–H groups in total. The summed E-state index contributed by atoms with van der Waals surface area (Å²) >= 11 is 3.35. The second-order valence-electron chi connectivity index (χ2n) is 3.95. The van der Waals surface area contributed by atoms with E-state index < -0.39 is 4.92 Å². The number of nitrogens with one attached hydrogen (secondary N) is 1. The van der Waals surface area contributed by atoms with Crippen molar-refractivity contribution >= 4 is 38.9 Å². The number of nitrogens with two attached hydrogens (primary N) is 1. The van der Waals surface area contributed by atoms with Crippen molar-refractivity contribution in [3.8, 4) is 0 Å². The van der Waals surface area contributed by atoms with Crippen molar-refractivity contribution in [3.05, 3.63) is 50.5 Å². The number of aryl methyl sites for hydroxylation is 1. The average molecular weight is 323 g/mol. The average Bonchev–Trinajstić information content (AvgIpc) is 2.33. The van der Waals surface area contributed by atoms with Crippen LogP contribution in [0.4, 0.5) is 23.0 Å². The lowest BCUT2D eigenvalue weighted by Crippen LogP contribution is -2.03. The second kappa shape index (κ2) is 5.23. The molecule has 1 heterocycles. The lowest BCUT2D eigenvalue weighted by molar-refractivity contribution is -0.384. The van der Waals surface area contributed by atoms with Crippen LogP contribution in [-0.2, 0) is 0 Å². The zero-order valence-electron chi connectivity index (χ0n) is 10.1. The molecule has 0 radical (unpaired) electrons. The summed E-state index contributed by atoms with van der Waals surface area (Å²) in [6.45, 7) is 1.90. The fourth-order valence-corrected chi connectivity index (χ4v) is 1.92. The summed E-state index contributed by atoms with van der Waals surface area (Å²) in [7, 11) is 0. The highest BCUT2D eigenvalue weighted by atomic mass is 79.9. The molecular weight excluding hydrogens is 312 g/mol. The lowest BCUT2D eigenvalue weighted by atomic mass is 10.2. The second-order valence-corrected chi connectivity index (χ2v) is 4.86. The number of hydrogen-bond donors (Lipinski definition) is 2. The summed E-state index contributed by atoms with van der Waals surface area (Å²) in [4.78, 5) is 14.4. The van der Waals surface area contributed by atoms with E-state index in [2.05, 4.69) is 26.2 Å². The Kier molecular flexibility index (Phi) is 3.66. The van der Waals surface area contributed by atoms with Crippen molar-refractivity contribution in [1.29, 1.82) is 0 Å². The van der Waals surface area contributed by atoms with E-state index in [-0.39, 0.29) is 17.3 Å². The quantitative estimate of drug-likeness (QED) is 0.667. The molecule has 0 aliphatic carbocycles. The van der Waals surface area contributed by atoms with Gasteiger partial charge in [-0.1, -0.05) is 22.0 Å². The molecule has 0 atom stereocenters. The Morgan fingerprint density at radius 2 is 2.11 bits per heavy atom. The molecule has 0 bridgehead atoms. The topological polar surface area (TPSA) is 94.1 Å². The molecule has 0 saturated carbocycles. The van der Waals surface area contributed by atoms with Gasteiger partial charge in [0, 0.05) is 16.2 Å². The van der Waals surface area contributed by atoms with Crippen LogP contribution in [0.2, 0.25) is 0 Å². The van der Waals surface area contributed by atoms with E-state index in [1.165, 1.54) is 12.1 Å². The van der Waals surface area contributed by atoms with Crippen molar-refractivity contribution in [2.45, 2.75) is 6.92 Å². The normalized spacial score (nSPS) is 10.2. The maximum atomic E-state index is 11.0. The monoisotopic (exact) mass is 322 g/mol. The highest BCUT2D eigenvalue weighted by molar-refractivity contribution is 9.10. The third-order valence-electron chi connectivity index (χ3n) is 2.54. The van der Waals surface area contributed by atoms with Crippen LogP contribution in [0.15, 0.2) is 34.8 Å². The number of nitrogens with zero attached hydrogens (tertiary/aromatic N) is 2. The van der Waals surface area contributed by atoms with Crippen molar-refractivity contribution in [3.63, 3.8) is 0 Å². The van der Waals surface area contributed by atoms with E-state index in [4.69, 9.17) is 5.73 Å². The van der Waals surface area contributed by atoms with Gasteiger partial charge in [-0.15, -0.1) is 0 Å². The van der Waals surface area contributed by atoms with Gasteiger partial charge in [0.2, 0.25) is 5.82 Å². The molecular formula is C12H11BrN4O2. The van der Waals surface area contributed by atoms with E-state index in [9.17, 15) is 10.1 Å². The Balaban J connectivity index is 2.45. The maximum absolute atomic E-state index is 11.0. The number of hydrogen-bond acceptors (Lipinski definition) is 5. The summed E-state index contributed by atoms with van der Waals surface area (Å²) in [6.07, 6.45) is 0. The Bertz CT molecular complexity index is 646. The van der Waals surface area contributed by atoms with Crippen LogP contribution in [0.3, 0.4) is 0 Å². The molecule has 19 heavy (non-hydrogen) atoms. The number of rotatable bonds is 3. The van der Waals surface area contributed by atoms with Crippen LogP contribution in [0.5, 0.6) is 0 Å². The summed E-state index contributed by atoms with van der Waals surface area (Å²) in [5.41, 5.74) is 7.13. The molecule has 0 aliphatic rings. The maximum Gasteiger partial charge on any atom is 0.311 e. The number of anilines is 3. The number of nitro groups is 1. The number of benzene rings is 1. The molecule has 98 valence electrons. The molecule has 2 rings (SSSR count). The Labute approximate surface area is 117 Å². The minimum atomic E-state index is -0.498. The van der Waals surface area contributed by atoms with Crippen LogP contribution >= 0.6 is 15.9 Å². The van der Waals surface area contributed by atoms with E-state index in [0.717, 1.165) is 15.7 Å². The molecule has 2 aromatic rings. The molecule has 0 aliphatic heterocycles. The van der Waals surface area contributed by atoms with E-state index >= 15 is 0 Å². The SMILES string of the molecule is Cc1ccc(Br)cc1Nc1nc(N)ccc1[N+](=O)[O-]. The van der Waals surface area contributed by atoms with Crippen molar-refractivity contribution < 1.29 is 4.92 Å². The molecule has 0 saturated heterocycles. The van der Waals surface area contributed by atoms with Gasteiger partial charge in [0.1, 0.15) is 5.82 Å². The van der Waals surface area contributed by atoms with Crippen LogP contribution in [0.1, 0.15) is 5.56 Å². The molecule has 1 aromatic heterocycles. The summed E-state index contributed by atoms with van der Waals surface area (Å²) in [5, 5.41) is 13.9. The van der Waals surface area contributed by atoms with Gasteiger partial charge >= 0.3 is 5.69 Å². The molecule has 1 aromatic carbocycles. The predicted octanol–water partition coefficient (Wildman–Crippen LogP) is 3.39. The van der Waals surface area contributed by atoms with Crippen LogP contribution < -0.4 is 11.1 Å². The molecule has 0 spiro atoms. The fraction of sp³-hybridized carbons (Fsp3) is 0.0833. The fourth-order valence-electron chi connectivity index (χ4n) is 1.56. The van der Waals surface area contributed by atoms with E-state index in [0.29, 0.717) is 0 Å². The zero-order valence-corrected chi connectivity index (χ0v) is 11.6. The van der Waals surface area contributed by atoms with Crippen LogP contribution in [0, 0.1) is 17.0 Å². The zero-order chi connectivity index (χ0) is 14.0. The first-order valence-electron chi connectivity index (χ1n) is 5.41. The van der Waals surface area contributed by atoms with Gasteiger partial charge in [-0.2, -0.15) is 0 Å². The number of halogens is 1. The van der Waals surface area contributed by atoms with E-state index in [1.54, 1.807) is 0 Å². The molecule has 0 fully saturated rings. The highest BCUT2D eigenvalue weighted by Gasteiger charge is 2.16. The molecule has 0 amide bonds. The van der Waals surface area contributed by atoms with Crippen LogP contribution in [-0.4, -0.2) is 9.91 Å². The van der Waals surface area contributed by atoms with Gasteiger partial charge in [0.25, 0.3) is 0 Å². The van der Waals surface area contributed by atoms with Gasteiger partial charge in [0.15, 0.2) is 0 Å². The Morgan fingerprint density at radius 3 is 2.79 bits per heavy atom. The van der Waals surface area contributed by atoms with Crippen molar-refractivity contribution in [2.24, 2.45) is 0 Å². The third-order valence-corrected chi connectivity index (χ3v) is 3.04.